The molecule has 29 heavy (non-hydrogen) atoms. The van der Waals surface area contributed by atoms with Gasteiger partial charge in [0.15, 0.2) is 0 Å². The lowest BCUT2D eigenvalue weighted by Crippen LogP contribution is -2.34. The Hall–Kier alpha value is -3.40. The third kappa shape index (κ3) is 7.62. The number of benzene rings is 2. The maximum absolute atomic E-state index is 12.2. The first-order chi connectivity index (χ1) is 13.6. The molecule has 0 spiro atoms. The second-order valence-corrected chi connectivity index (χ2v) is 7.97. The van der Waals surface area contributed by atoms with E-state index in [0.29, 0.717) is 22.5 Å². The van der Waals surface area contributed by atoms with Gasteiger partial charge >= 0.3 is 0 Å². The summed E-state index contributed by atoms with van der Waals surface area (Å²) in [6, 6.07) is 12.5. The molecule has 0 atom stereocenters. The average molecular weight is 418 g/mol. The van der Waals surface area contributed by atoms with Gasteiger partial charge in [0.2, 0.25) is 15.9 Å². The first kappa shape index (κ1) is 21.9. The number of rotatable bonds is 8. The lowest BCUT2D eigenvalue weighted by atomic mass is 10.2. The molecule has 0 saturated heterocycles. The van der Waals surface area contributed by atoms with Crippen molar-refractivity contribution < 1.29 is 22.8 Å². The van der Waals surface area contributed by atoms with E-state index in [1.807, 2.05) is 0 Å². The van der Waals surface area contributed by atoms with Gasteiger partial charge in [-0.3, -0.25) is 19.1 Å². The Bertz CT molecular complexity index is 1000. The lowest BCUT2D eigenvalue weighted by molar-refractivity contribution is -0.114. The SMILES string of the molecule is CC(=O)Nc1cccc(C(=O)NCCNC(=O)c2ccc(NS(C)(=O)=O)cc2)c1. The molecular formula is C19H22N4O5S. The smallest absolute Gasteiger partial charge is 0.251 e. The zero-order valence-electron chi connectivity index (χ0n) is 16.0. The molecule has 0 radical (unpaired) electrons. The van der Waals surface area contributed by atoms with Crippen molar-refractivity contribution in [2.45, 2.75) is 6.92 Å². The number of carbonyl (C=O) groups is 3. The predicted molar refractivity (Wildman–Crippen MR) is 110 cm³/mol. The van der Waals surface area contributed by atoms with E-state index in [0.717, 1.165) is 6.26 Å². The Kier molecular flexibility index (Phi) is 7.32. The minimum Gasteiger partial charge on any atom is -0.350 e. The largest absolute Gasteiger partial charge is 0.350 e. The Labute approximate surface area is 168 Å². The van der Waals surface area contributed by atoms with Crippen LogP contribution in [0, 0.1) is 0 Å². The molecule has 10 heteroatoms. The van der Waals surface area contributed by atoms with Crippen LogP contribution in [0.4, 0.5) is 11.4 Å². The van der Waals surface area contributed by atoms with Crippen LogP contribution in [0.15, 0.2) is 48.5 Å². The second kappa shape index (κ2) is 9.69. The summed E-state index contributed by atoms with van der Waals surface area (Å²) in [4.78, 5) is 35.3. The molecule has 9 nitrogen and oxygen atoms in total. The number of nitrogens with one attached hydrogen (secondary N) is 4. The summed E-state index contributed by atoms with van der Waals surface area (Å²) in [6.45, 7) is 1.80. The summed E-state index contributed by atoms with van der Waals surface area (Å²) >= 11 is 0. The van der Waals surface area contributed by atoms with Crippen molar-refractivity contribution in [2.24, 2.45) is 0 Å². The summed E-state index contributed by atoms with van der Waals surface area (Å²) in [7, 11) is -3.38. The minimum absolute atomic E-state index is 0.208. The third-order valence-electron chi connectivity index (χ3n) is 3.59. The van der Waals surface area contributed by atoms with Gasteiger partial charge in [-0.05, 0) is 42.5 Å². The highest BCUT2D eigenvalue weighted by Crippen LogP contribution is 2.11. The summed E-state index contributed by atoms with van der Waals surface area (Å²) < 4.78 is 24.7. The zero-order chi connectivity index (χ0) is 21.4. The molecule has 0 saturated carbocycles. The summed E-state index contributed by atoms with van der Waals surface area (Å²) in [6.07, 6.45) is 1.04. The van der Waals surface area contributed by atoms with Crippen LogP contribution in [-0.4, -0.2) is 45.5 Å². The molecule has 2 rings (SSSR count). The molecule has 0 fully saturated rings. The quantitative estimate of drug-likeness (QED) is 0.478. The molecule has 0 aliphatic heterocycles. The highest BCUT2D eigenvalue weighted by Gasteiger charge is 2.09. The first-order valence-corrected chi connectivity index (χ1v) is 10.5. The normalized spacial score (nSPS) is 10.7. The van der Waals surface area contributed by atoms with Crippen molar-refractivity contribution in [1.29, 1.82) is 0 Å². The van der Waals surface area contributed by atoms with E-state index in [9.17, 15) is 22.8 Å². The first-order valence-electron chi connectivity index (χ1n) is 8.66. The fourth-order valence-corrected chi connectivity index (χ4v) is 2.97. The van der Waals surface area contributed by atoms with Gasteiger partial charge in [0.1, 0.15) is 0 Å². The Morgan fingerprint density at radius 3 is 1.97 bits per heavy atom. The number of sulfonamides is 1. The maximum Gasteiger partial charge on any atom is 0.251 e. The molecular weight excluding hydrogens is 396 g/mol. The van der Waals surface area contributed by atoms with Gasteiger partial charge in [0.25, 0.3) is 11.8 Å². The molecule has 0 heterocycles. The number of carbonyl (C=O) groups excluding carboxylic acids is 3. The monoisotopic (exact) mass is 418 g/mol. The molecule has 2 aromatic rings. The molecule has 3 amide bonds. The van der Waals surface area contributed by atoms with E-state index in [2.05, 4.69) is 20.7 Å². The van der Waals surface area contributed by atoms with Gasteiger partial charge in [-0.15, -0.1) is 0 Å². The van der Waals surface area contributed by atoms with Crippen molar-refractivity contribution in [3.8, 4) is 0 Å². The molecule has 0 aliphatic rings. The Morgan fingerprint density at radius 2 is 1.41 bits per heavy atom. The maximum atomic E-state index is 12.2. The molecule has 0 aliphatic carbocycles. The van der Waals surface area contributed by atoms with Gasteiger partial charge < -0.3 is 16.0 Å². The molecule has 0 bridgehead atoms. The molecule has 154 valence electrons. The van der Waals surface area contributed by atoms with Crippen molar-refractivity contribution >= 4 is 39.1 Å². The van der Waals surface area contributed by atoms with Crippen molar-refractivity contribution in [2.75, 3.05) is 29.4 Å². The summed E-state index contributed by atoms with van der Waals surface area (Å²) in [5, 5.41) is 7.94. The minimum atomic E-state index is -3.38. The van der Waals surface area contributed by atoms with E-state index >= 15 is 0 Å². The molecule has 0 aromatic heterocycles. The molecule has 4 N–H and O–H groups in total. The fraction of sp³-hybridized carbons (Fsp3) is 0.211. The van der Waals surface area contributed by atoms with Crippen molar-refractivity contribution in [3.63, 3.8) is 0 Å². The zero-order valence-corrected chi connectivity index (χ0v) is 16.8. The van der Waals surface area contributed by atoms with E-state index in [-0.39, 0.29) is 30.8 Å². The van der Waals surface area contributed by atoms with E-state index in [4.69, 9.17) is 0 Å². The van der Waals surface area contributed by atoms with Crippen molar-refractivity contribution in [3.05, 3.63) is 59.7 Å². The standard InChI is InChI=1S/C19H22N4O5S/c1-13(24)22-17-5-3-4-15(12-17)19(26)21-11-10-20-18(25)14-6-8-16(9-7-14)23-29(2,27)28/h3-9,12,23H,10-11H2,1-2H3,(H,20,25)(H,21,26)(H,22,24). The van der Waals surface area contributed by atoms with Gasteiger partial charge in [-0.1, -0.05) is 6.07 Å². The number of hydrogen-bond acceptors (Lipinski definition) is 5. The topological polar surface area (TPSA) is 133 Å². The van der Waals surface area contributed by atoms with Crippen LogP contribution in [-0.2, 0) is 14.8 Å². The van der Waals surface area contributed by atoms with Gasteiger partial charge in [-0.25, -0.2) is 8.42 Å². The highest BCUT2D eigenvalue weighted by atomic mass is 32.2. The van der Waals surface area contributed by atoms with Crippen LogP contribution < -0.4 is 20.7 Å². The van der Waals surface area contributed by atoms with Gasteiger partial charge in [0, 0.05) is 42.5 Å². The molecule has 0 unspecified atom stereocenters. The van der Waals surface area contributed by atoms with Crippen molar-refractivity contribution in [1.82, 2.24) is 10.6 Å². The van der Waals surface area contributed by atoms with Crippen LogP contribution in [0.1, 0.15) is 27.6 Å². The Balaban J connectivity index is 1.80. The van der Waals surface area contributed by atoms with Crippen LogP contribution in [0.5, 0.6) is 0 Å². The Morgan fingerprint density at radius 1 is 0.828 bits per heavy atom. The third-order valence-corrected chi connectivity index (χ3v) is 4.20. The van der Waals surface area contributed by atoms with Crippen LogP contribution in [0.3, 0.4) is 0 Å². The average Bonchev–Trinajstić information content (AvgIpc) is 2.64. The van der Waals surface area contributed by atoms with Gasteiger partial charge in [0.05, 0.1) is 6.26 Å². The van der Waals surface area contributed by atoms with Crippen LogP contribution in [0.25, 0.3) is 0 Å². The summed E-state index contributed by atoms with van der Waals surface area (Å²) in [5.41, 5.74) is 1.62. The number of hydrogen-bond donors (Lipinski definition) is 4. The van der Waals surface area contributed by atoms with E-state index < -0.39 is 10.0 Å². The fourth-order valence-electron chi connectivity index (χ4n) is 2.40. The number of anilines is 2. The highest BCUT2D eigenvalue weighted by molar-refractivity contribution is 7.92. The second-order valence-electron chi connectivity index (χ2n) is 6.23. The van der Waals surface area contributed by atoms with Crippen LogP contribution >= 0.6 is 0 Å². The molecule has 2 aromatic carbocycles. The van der Waals surface area contributed by atoms with Gasteiger partial charge in [-0.2, -0.15) is 0 Å². The number of amides is 3. The predicted octanol–water partition coefficient (Wildman–Crippen LogP) is 1.18. The lowest BCUT2D eigenvalue weighted by Gasteiger charge is -2.09. The van der Waals surface area contributed by atoms with E-state index in [1.54, 1.807) is 24.3 Å². The van der Waals surface area contributed by atoms with Crippen LogP contribution in [0.2, 0.25) is 0 Å². The van der Waals surface area contributed by atoms with E-state index in [1.165, 1.54) is 31.2 Å². The summed E-state index contributed by atoms with van der Waals surface area (Å²) in [5.74, 6) is -0.911.